The molecule has 2 heterocycles. The largest absolute Gasteiger partial charge is 0.337 e. The molecule has 20 heavy (non-hydrogen) atoms. The van der Waals surface area contributed by atoms with Gasteiger partial charge in [0.25, 0.3) is 5.91 Å². The molecule has 0 bridgehead atoms. The van der Waals surface area contributed by atoms with Crippen LogP contribution in [0.2, 0.25) is 0 Å². The minimum atomic E-state index is 0.0309. The summed E-state index contributed by atoms with van der Waals surface area (Å²) >= 11 is 0. The summed E-state index contributed by atoms with van der Waals surface area (Å²) in [6.07, 6.45) is 3.47. The Morgan fingerprint density at radius 2 is 2.10 bits per heavy atom. The van der Waals surface area contributed by atoms with Gasteiger partial charge in [0.2, 0.25) is 0 Å². The lowest BCUT2D eigenvalue weighted by Crippen LogP contribution is -2.45. The monoisotopic (exact) mass is 272 g/mol. The van der Waals surface area contributed by atoms with Crippen LogP contribution in [0.4, 0.5) is 0 Å². The van der Waals surface area contributed by atoms with Gasteiger partial charge >= 0.3 is 0 Å². The van der Waals surface area contributed by atoms with Crippen LogP contribution in [0.5, 0.6) is 0 Å². The van der Waals surface area contributed by atoms with E-state index in [1.54, 1.807) is 16.8 Å². The van der Waals surface area contributed by atoms with Crippen LogP contribution in [-0.4, -0.2) is 50.1 Å². The topological polar surface area (TPSA) is 89.9 Å². The number of rotatable bonds is 2. The average molecular weight is 272 g/mol. The molecule has 2 N–H and O–H groups in total. The quantitative estimate of drug-likeness (QED) is 0.845. The molecular weight excluding hydrogens is 256 g/mol. The summed E-state index contributed by atoms with van der Waals surface area (Å²) in [6.45, 7) is 1.41. The number of amides is 1. The van der Waals surface area contributed by atoms with Gasteiger partial charge in [-0.05, 0) is 47.5 Å². The van der Waals surface area contributed by atoms with Crippen molar-refractivity contribution in [3.05, 3.63) is 36.2 Å². The van der Waals surface area contributed by atoms with E-state index in [9.17, 15) is 4.79 Å². The lowest BCUT2D eigenvalue weighted by Gasteiger charge is -2.30. The van der Waals surface area contributed by atoms with Crippen molar-refractivity contribution < 1.29 is 4.79 Å². The van der Waals surface area contributed by atoms with Crippen LogP contribution in [0.25, 0.3) is 5.69 Å². The standard InChI is InChI=1S/C13H16N6O/c14-11-2-1-7-18(8-11)13(20)10-3-5-12(6-4-10)19-9-15-16-17-19/h3-6,9,11H,1-2,7-8,14H2. The zero-order valence-corrected chi connectivity index (χ0v) is 11.0. The van der Waals surface area contributed by atoms with Crippen molar-refractivity contribution in [1.82, 2.24) is 25.1 Å². The molecule has 104 valence electrons. The predicted octanol–water partition coefficient (Wildman–Crippen LogP) is 0.226. The summed E-state index contributed by atoms with van der Waals surface area (Å²) in [6, 6.07) is 7.33. The molecule has 1 amide bonds. The second kappa shape index (κ2) is 5.38. The van der Waals surface area contributed by atoms with E-state index in [2.05, 4.69) is 15.5 Å². The molecular formula is C13H16N6O. The fourth-order valence-corrected chi connectivity index (χ4v) is 2.41. The van der Waals surface area contributed by atoms with E-state index in [4.69, 9.17) is 5.73 Å². The maximum Gasteiger partial charge on any atom is 0.253 e. The van der Waals surface area contributed by atoms with Crippen molar-refractivity contribution in [2.45, 2.75) is 18.9 Å². The highest BCUT2D eigenvalue weighted by Crippen LogP contribution is 2.14. The van der Waals surface area contributed by atoms with E-state index in [0.717, 1.165) is 25.1 Å². The molecule has 1 aliphatic rings. The highest BCUT2D eigenvalue weighted by atomic mass is 16.2. The molecule has 2 aromatic rings. The number of likely N-dealkylation sites (tertiary alicyclic amines) is 1. The van der Waals surface area contributed by atoms with E-state index < -0.39 is 0 Å². The molecule has 3 rings (SSSR count). The van der Waals surface area contributed by atoms with Crippen LogP contribution >= 0.6 is 0 Å². The third-order valence-corrected chi connectivity index (χ3v) is 3.47. The summed E-state index contributed by atoms with van der Waals surface area (Å²) in [5.74, 6) is 0.0309. The minimum absolute atomic E-state index is 0.0309. The van der Waals surface area contributed by atoms with Crippen LogP contribution < -0.4 is 5.73 Å². The van der Waals surface area contributed by atoms with Gasteiger partial charge in [-0.15, -0.1) is 5.10 Å². The van der Waals surface area contributed by atoms with Gasteiger partial charge in [-0.3, -0.25) is 4.79 Å². The lowest BCUT2D eigenvalue weighted by molar-refractivity contribution is 0.0709. The van der Waals surface area contributed by atoms with Crippen LogP contribution in [0, 0.1) is 0 Å². The highest BCUT2D eigenvalue weighted by molar-refractivity contribution is 5.94. The molecule has 0 spiro atoms. The predicted molar refractivity (Wildman–Crippen MR) is 72.3 cm³/mol. The molecule has 1 aromatic carbocycles. The Bertz CT molecular complexity index is 579. The first-order valence-electron chi connectivity index (χ1n) is 6.62. The third kappa shape index (κ3) is 2.53. The smallest absolute Gasteiger partial charge is 0.253 e. The molecule has 0 radical (unpaired) electrons. The van der Waals surface area contributed by atoms with Crippen molar-refractivity contribution in [2.24, 2.45) is 5.73 Å². The fourth-order valence-electron chi connectivity index (χ4n) is 2.41. The second-order valence-electron chi connectivity index (χ2n) is 4.95. The maximum atomic E-state index is 12.4. The van der Waals surface area contributed by atoms with Gasteiger partial charge in [0.05, 0.1) is 5.69 Å². The van der Waals surface area contributed by atoms with Crippen molar-refractivity contribution in [3.63, 3.8) is 0 Å². The number of carbonyl (C=O) groups is 1. The van der Waals surface area contributed by atoms with Gasteiger partial charge in [-0.25, -0.2) is 4.68 Å². The van der Waals surface area contributed by atoms with E-state index >= 15 is 0 Å². The Labute approximate surface area is 116 Å². The number of tetrazole rings is 1. The SMILES string of the molecule is NC1CCCN(C(=O)c2ccc(-n3cnnn3)cc2)C1. The molecule has 1 saturated heterocycles. The highest BCUT2D eigenvalue weighted by Gasteiger charge is 2.22. The van der Waals surface area contributed by atoms with Crippen molar-refractivity contribution in [1.29, 1.82) is 0 Å². The first-order chi connectivity index (χ1) is 9.74. The van der Waals surface area contributed by atoms with Crippen molar-refractivity contribution >= 4 is 5.91 Å². The van der Waals surface area contributed by atoms with E-state index in [-0.39, 0.29) is 11.9 Å². The molecule has 1 fully saturated rings. The molecule has 1 aromatic heterocycles. The number of nitrogens with two attached hydrogens (primary N) is 1. The average Bonchev–Trinajstić information content (AvgIpc) is 3.01. The Morgan fingerprint density at radius 3 is 2.75 bits per heavy atom. The number of benzene rings is 1. The second-order valence-corrected chi connectivity index (χ2v) is 4.95. The minimum Gasteiger partial charge on any atom is -0.337 e. The van der Waals surface area contributed by atoms with Gasteiger partial charge in [0.1, 0.15) is 6.33 Å². The summed E-state index contributed by atoms with van der Waals surface area (Å²) in [7, 11) is 0. The van der Waals surface area contributed by atoms with Crippen molar-refractivity contribution in [2.75, 3.05) is 13.1 Å². The summed E-state index contributed by atoms with van der Waals surface area (Å²) in [5.41, 5.74) is 7.39. The normalized spacial score (nSPS) is 19.1. The van der Waals surface area contributed by atoms with Gasteiger partial charge in [0.15, 0.2) is 0 Å². The lowest BCUT2D eigenvalue weighted by atomic mass is 10.1. The van der Waals surface area contributed by atoms with E-state index in [1.807, 2.05) is 17.0 Å². The first kappa shape index (κ1) is 12.7. The molecule has 7 nitrogen and oxygen atoms in total. The number of hydrogen-bond acceptors (Lipinski definition) is 5. The Hall–Kier alpha value is -2.28. The Kier molecular flexibility index (Phi) is 3.42. The zero-order chi connectivity index (χ0) is 13.9. The van der Waals surface area contributed by atoms with Crippen LogP contribution in [0.1, 0.15) is 23.2 Å². The summed E-state index contributed by atoms with van der Waals surface area (Å²) < 4.78 is 1.55. The fraction of sp³-hybridized carbons (Fsp3) is 0.385. The first-order valence-corrected chi connectivity index (χ1v) is 6.62. The van der Waals surface area contributed by atoms with Crippen molar-refractivity contribution in [3.8, 4) is 5.69 Å². The van der Waals surface area contributed by atoms with Gasteiger partial charge in [0, 0.05) is 24.7 Å². The molecule has 1 unspecified atom stereocenters. The van der Waals surface area contributed by atoms with Gasteiger partial charge < -0.3 is 10.6 Å². The maximum absolute atomic E-state index is 12.4. The van der Waals surface area contributed by atoms with E-state index in [0.29, 0.717) is 12.1 Å². The van der Waals surface area contributed by atoms with Crippen LogP contribution in [0.3, 0.4) is 0 Å². The number of piperidine rings is 1. The van der Waals surface area contributed by atoms with Gasteiger partial charge in [-0.2, -0.15) is 0 Å². The number of aromatic nitrogens is 4. The number of hydrogen-bond donors (Lipinski definition) is 1. The molecule has 7 heteroatoms. The Balaban J connectivity index is 1.75. The molecule has 0 saturated carbocycles. The molecule has 1 aliphatic heterocycles. The summed E-state index contributed by atoms with van der Waals surface area (Å²) in [4.78, 5) is 14.2. The number of carbonyl (C=O) groups excluding carboxylic acids is 1. The van der Waals surface area contributed by atoms with E-state index in [1.165, 1.54) is 6.33 Å². The molecule has 1 atom stereocenters. The zero-order valence-electron chi connectivity index (χ0n) is 11.0. The molecule has 0 aliphatic carbocycles. The van der Waals surface area contributed by atoms with Crippen LogP contribution in [0.15, 0.2) is 30.6 Å². The Morgan fingerprint density at radius 1 is 1.30 bits per heavy atom. The summed E-state index contributed by atoms with van der Waals surface area (Å²) in [5, 5.41) is 11.0. The van der Waals surface area contributed by atoms with Gasteiger partial charge in [-0.1, -0.05) is 0 Å². The van der Waals surface area contributed by atoms with Crippen LogP contribution in [-0.2, 0) is 0 Å². The third-order valence-electron chi connectivity index (χ3n) is 3.47. The number of nitrogens with zero attached hydrogens (tertiary/aromatic N) is 5.